The standard InChI is InChI=1S/C16H25N3O/c1-18(2)16(20)15-9-6-10-19(15)12-14(11-17)13-7-4-3-5-8-13/h3-5,7-8,14-15H,6,9-12,17H2,1-2H3. The Hall–Kier alpha value is -1.39. The number of carbonyl (C=O) groups excluding carboxylic acids is 1. The molecule has 0 aromatic heterocycles. The molecule has 1 aromatic rings. The Labute approximate surface area is 121 Å². The van der Waals surface area contributed by atoms with E-state index in [4.69, 9.17) is 5.73 Å². The van der Waals surface area contributed by atoms with E-state index in [1.165, 1.54) is 5.56 Å². The lowest BCUT2D eigenvalue weighted by Gasteiger charge is -2.29. The number of likely N-dealkylation sites (tertiary alicyclic amines) is 1. The van der Waals surface area contributed by atoms with Crippen molar-refractivity contribution in [2.45, 2.75) is 24.8 Å². The third-order valence-electron chi connectivity index (χ3n) is 4.10. The highest BCUT2D eigenvalue weighted by Gasteiger charge is 2.32. The maximum atomic E-state index is 12.2. The molecule has 2 N–H and O–H groups in total. The Balaban J connectivity index is 2.05. The molecule has 1 aromatic carbocycles. The molecule has 4 heteroatoms. The van der Waals surface area contributed by atoms with Crippen molar-refractivity contribution >= 4 is 5.91 Å². The average Bonchev–Trinajstić information content (AvgIpc) is 2.92. The molecule has 0 radical (unpaired) electrons. The minimum atomic E-state index is 0.0303. The van der Waals surface area contributed by atoms with Crippen LogP contribution in [-0.2, 0) is 4.79 Å². The van der Waals surface area contributed by atoms with Crippen LogP contribution in [0.2, 0.25) is 0 Å². The second-order valence-corrected chi connectivity index (χ2v) is 5.73. The summed E-state index contributed by atoms with van der Waals surface area (Å²) in [6.07, 6.45) is 2.05. The average molecular weight is 275 g/mol. The van der Waals surface area contributed by atoms with E-state index >= 15 is 0 Å². The molecule has 1 aliphatic heterocycles. The van der Waals surface area contributed by atoms with Crippen LogP contribution in [0.15, 0.2) is 30.3 Å². The zero-order valence-corrected chi connectivity index (χ0v) is 12.5. The van der Waals surface area contributed by atoms with Crippen LogP contribution in [0.1, 0.15) is 24.3 Å². The molecule has 0 spiro atoms. The summed E-state index contributed by atoms with van der Waals surface area (Å²) in [6.45, 7) is 2.47. The maximum absolute atomic E-state index is 12.2. The summed E-state index contributed by atoms with van der Waals surface area (Å²) in [5.74, 6) is 0.512. The summed E-state index contributed by atoms with van der Waals surface area (Å²) in [5, 5.41) is 0. The number of hydrogen-bond donors (Lipinski definition) is 1. The van der Waals surface area contributed by atoms with Crippen molar-refractivity contribution in [3.8, 4) is 0 Å². The normalized spacial score (nSPS) is 20.9. The third-order valence-corrected chi connectivity index (χ3v) is 4.10. The zero-order valence-electron chi connectivity index (χ0n) is 12.5. The molecule has 2 atom stereocenters. The van der Waals surface area contributed by atoms with Gasteiger partial charge in [0.2, 0.25) is 5.91 Å². The van der Waals surface area contributed by atoms with Crippen LogP contribution in [0.3, 0.4) is 0 Å². The fraction of sp³-hybridized carbons (Fsp3) is 0.562. The minimum Gasteiger partial charge on any atom is -0.347 e. The second kappa shape index (κ2) is 6.86. The summed E-state index contributed by atoms with van der Waals surface area (Å²) in [4.78, 5) is 16.2. The monoisotopic (exact) mass is 275 g/mol. The molecule has 1 heterocycles. The number of likely N-dealkylation sites (N-methyl/N-ethyl adjacent to an activating group) is 1. The van der Waals surface area contributed by atoms with Gasteiger partial charge in [-0.05, 0) is 24.9 Å². The van der Waals surface area contributed by atoms with Crippen LogP contribution in [0.5, 0.6) is 0 Å². The van der Waals surface area contributed by atoms with Crippen LogP contribution in [-0.4, -0.2) is 55.5 Å². The van der Waals surface area contributed by atoms with Gasteiger partial charge in [-0.1, -0.05) is 30.3 Å². The number of rotatable bonds is 5. The van der Waals surface area contributed by atoms with Crippen LogP contribution in [0, 0.1) is 0 Å². The van der Waals surface area contributed by atoms with Crippen molar-refractivity contribution in [2.75, 3.05) is 33.7 Å². The minimum absolute atomic E-state index is 0.0303. The van der Waals surface area contributed by atoms with Gasteiger partial charge in [0.1, 0.15) is 0 Å². The summed E-state index contributed by atoms with van der Waals surface area (Å²) < 4.78 is 0. The second-order valence-electron chi connectivity index (χ2n) is 5.73. The van der Waals surface area contributed by atoms with Crippen molar-refractivity contribution < 1.29 is 4.79 Å². The van der Waals surface area contributed by atoms with Crippen molar-refractivity contribution in [3.63, 3.8) is 0 Å². The van der Waals surface area contributed by atoms with E-state index in [1.54, 1.807) is 4.90 Å². The number of benzene rings is 1. The van der Waals surface area contributed by atoms with Gasteiger partial charge in [-0.2, -0.15) is 0 Å². The maximum Gasteiger partial charge on any atom is 0.239 e. The van der Waals surface area contributed by atoms with E-state index < -0.39 is 0 Å². The molecule has 1 saturated heterocycles. The summed E-state index contributed by atoms with van der Waals surface area (Å²) in [5.41, 5.74) is 7.20. The highest BCUT2D eigenvalue weighted by Crippen LogP contribution is 2.23. The van der Waals surface area contributed by atoms with Gasteiger partial charge in [0.25, 0.3) is 0 Å². The fourth-order valence-electron chi connectivity index (χ4n) is 2.95. The molecule has 110 valence electrons. The van der Waals surface area contributed by atoms with Gasteiger partial charge in [0.15, 0.2) is 0 Å². The molecule has 2 rings (SSSR count). The Morgan fingerprint density at radius 1 is 1.40 bits per heavy atom. The molecule has 4 nitrogen and oxygen atoms in total. The van der Waals surface area contributed by atoms with E-state index in [2.05, 4.69) is 17.0 Å². The van der Waals surface area contributed by atoms with Crippen LogP contribution in [0.4, 0.5) is 0 Å². The Morgan fingerprint density at radius 3 is 2.70 bits per heavy atom. The van der Waals surface area contributed by atoms with Crippen LogP contribution < -0.4 is 5.73 Å². The molecule has 1 amide bonds. The van der Waals surface area contributed by atoms with Gasteiger partial charge in [0.05, 0.1) is 6.04 Å². The molecule has 0 saturated carbocycles. The molecular weight excluding hydrogens is 250 g/mol. The van der Waals surface area contributed by atoms with Gasteiger partial charge < -0.3 is 10.6 Å². The fourth-order valence-corrected chi connectivity index (χ4v) is 2.95. The van der Waals surface area contributed by atoms with Gasteiger partial charge >= 0.3 is 0 Å². The summed E-state index contributed by atoms with van der Waals surface area (Å²) >= 11 is 0. The van der Waals surface area contributed by atoms with E-state index in [-0.39, 0.29) is 11.9 Å². The van der Waals surface area contributed by atoms with E-state index in [1.807, 2.05) is 32.3 Å². The Kier molecular flexibility index (Phi) is 5.15. The Morgan fingerprint density at radius 2 is 2.10 bits per heavy atom. The number of carbonyl (C=O) groups is 1. The lowest BCUT2D eigenvalue weighted by molar-refractivity contribution is -0.133. The number of nitrogens with zero attached hydrogens (tertiary/aromatic N) is 2. The molecular formula is C16H25N3O. The van der Waals surface area contributed by atoms with Gasteiger partial charge in [-0.3, -0.25) is 9.69 Å². The van der Waals surface area contributed by atoms with Crippen molar-refractivity contribution in [1.29, 1.82) is 0 Å². The van der Waals surface area contributed by atoms with Crippen molar-refractivity contribution in [2.24, 2.45) is 5.73 Å². The smallest absolute Gasteiger partial charge is 0.239 e. The molecule has 20 heavy (non-hydrogen) atoms. The number of amides is 1. The van der Waals surface area contributed by atoms with E-state index in [0.29, 0.717) is 12.5 Å². The SMILES string of the molecule is CN(C)C(=O)C1CCCN1CC(CN)c1ccccc1. The van der Waals surface area contributed by atoms with Crippen molar-refractivity contribution in [1.82, 2.24) is 9.80 Å². The van der Waals surface area contributed by atoms with Crippen molar-refractivity contribution in [3.05, 3.63) is 35.9 Å². The topological polar surface area (TPSA) is 49.6 Å². The first-order chi connectivity index (χ1) is 9.63. The first-order valence-electron chi connectivity index (χ1n) is 7.33. The van der Waals surface area contributed by atoms with Gasteiger partial charge in [-0.15, -0.1) is 0 Å². The lowest BCUT2D eigenvalue weighted by atomic mass is 9.98. The molecule has 1 aliphatic rings. The van der Waals surface area contributed by atoms with Gasteiger partial charge in [0, 0.05) is 33.1 Å². The predicted octanol–water partition coefficient (Wildman–Crippen LogP) is 1.28. The summed E-state index contributed by atoms with van der Waals surface area (Å²) in [6, 6.07) is 10.4. The lowest BCUT2D eigenvalue weighted by Crippen LogP contribution is -2.44. The molecule has 1 fully saturated rings. The highest BCUT2D eigenvalue weighted by atomic mass is 16.2. The zero-order chi connectivity index (χ0) is 14.5. The summed E-state index contributed by atoms with van der Waals surface area (Å²) in [7, 11) is 3.66. The van der Waals surface area contributed by atoms with Crippen LogP contribution >= 0.6 is 0 Å². The molecule has 0 bridgehead atoms. The van der Waals surface area contributed by atoms with E-state index in [9.17, 15) is 4.79 Å². The Bertz CT molecular complexity index is 433. The third kappa shape index (κ3) is 3.38. The largest absolute Gasteiger partial charge is 0.347 e. The first-order valence-corrected chi connectivity index (χ1v) is 7.33. The first kappa shape index (κ1) is 15.0. The molecule has 2 unspecified atom stereocenters. The highest BCUT2D eigenvalue weighted by molar-refractivity contribution is 5.81. The number of nitrogens with two attached hydrogens (primary N) is 1. The van der Waals surface area contributed by atoms with Gasteiger partial charge in [-0.25, -0.2) is 0 Å². The van der Waals surface area contributed by atoms with Crippen LogP contribution in [0.25, 0.3) is 0 Å². The predicted molar refractivity (Wildman–Crippen MR) is 81.5 cm³/mol. The quantitative estimate of drug-likeness (QED) is 0.881. The van der Waals surface area contributed by atoms with E-state index in [0.717, 1.165) is 25.9 Å². The number of hydrogen-bond acceptors (Lipinski definition) is 3. The molecule has 0 aliphatic carbocycles.